The van der Waals surface area contributed by atoms with Crippen molar-refractivity contribution in [3.05, 3.63) is 0 Å². The number of hydrogen-bond acceptors (Lipinski definition) is 3. The minimum Gasteiger partial charge on any atom is -0.464 e. The summed E-state index contributed by atoms with van der Waals surface area (Å²) in [6.07, 6.45) is -0.0566. The summed E-state index contributed by atoms with van der Waals surface area (Å²) < 4.78 is 42.0. The summed E-state index contributed by atoms with van der Waals surface area (Å²) in [5.41, 5.74) is 0. The fourth-order valence-electron chi connectivity index (χ4n) is 1.11. The Labute approximate surface area is 96.5 Å². The lowest BCUT2D eigenvalue weighted by Gasteiger charge is -2.23. The van der Waals surface area contributed by atoms with Crippen molar-refractivity contribution in [1.82, 2.24) is 5.32 Å². The minimum atomic E-state index is -4.80. The Bertz CT molecular complexity index is 333. The number of amides is 1. The molecule has 0 aromatic heterocycles. The number of hydrogen-bond donors (Lipinski definition) is 1. The van der Waals surface area contributed by atoms with Crippen LogP contribution in [0.15, 0.2) is 0 Å². The molecule has 96 valence electrons. The van der Waals surface area contributed by atoms with Gasteiger partial charge in [0, 0.05) is 6.92 Å². The maximum atomic E-state index is 12.5. The highest BCUT2D eigenvalue weighted by Gasteiger charge is 2.47. The van der Waals surface area contributed by atoms with Crippen LogP contribution in [0.5, 0.6) is 0 Å². The molecule has 0 rings (SSSR count). The Morgan fingerprint density at radius 2 is 2.00 bits per heavy atom. The molecule has 1 amide bonds. The summed E-state index contributed by atoms with van der Waals surface area (Å²) in [6, 6.07) is -1.92. The molecule has 0 aliphatic heterocycles. The maximum Gasteiger partial charge on any atom is 0.404 e. The molecule has 0 aromatic carbocycles. The summed E-state index contributed by atoms with van der Waals surface area (Å²) in [7, 11) is 0. The van der Waals surface area contributed by atoms with E-state index in [1.54, 1.807) is 0 Å². The minimum absolute atomic E-state index is 0.107. The van der Waals surface area contributed by atoms with E-state index in [4.69, 9.17) is 6.42 Å². The van der Waals surface area contributed by atoms with Crippen LogP contribution in [0, 0.1) is 18.3 Å². The highest BCUT2D eigenvalue weighted by Crippen LogP contribution is 2.28. The van der Waals surface area contributed by atoms with Gasteiger partial charge in [-0.3, -0.25) is 4.79 Å². The second-order valence-corrected chi connectivity index (χ2v) is 3.12. The predicted molar refractivity (Wildman–Crippen MR) is 52.6 cm³/mol. The molecule has 0 spiro atoms. The van der Waals surface area contributed by atoms with Crippen LogP contribution in [-0.2, 0) is 14.3 Å². The van der Waals surface area contributed by atoms with Crippen LogP contribution >= 0.6 is 0 Å². The molecule has 1 N–H and O–H groups in total. The van der Waals surface area contributed by atoms with E-state index in [0.717, 1.165) is 6.92 Å². The molecule has 7 heteroatoms. The van der Waals surface area contributed by atoms with Crippen molar-refractivity contribution in [2.24, 2.45) is 5.92 Å². The third kappa shape index (κ3) is 4.76. The third-order valence-corrected chi connectivity index (χ3v) is 1.76. The van der Waals surface area contributed by atoms with E-state index in [9.17, 15) is 22.8 Å². The maximum absolute atomic E-state index is 12.5. The van der Waals surface area contributed by atoms with Gasteiger partial charge < -0.3 is 10.1 Å². The van der Waals surface area contributed by atoms with Crippen LogP contribution in [0.25, 0.3) is 0 Å². The van der Waals surface area contributed by atoms with Crippen molar-refractivity contribution in [2.75, 3.05) is 6.61 Å². The number of ether oxygens (including phenoxy) is 1. The van der Waals surface area contributed by atoms with Gasteiger partial charge in [-0.1, -0.05) is 5.92 Å². The lowest BCUT2D eigenvalue weighted by atomic mass is 10.00. The molecule has 0 heterocycles. The second kappa shape index (κ2) is 6.13. The molecule has 0 radical (unpaired) electrons. The molecule has 17 heavy (non-hydrogen) atoms. The summed E-state index contributed by atoms with van der Waals surface area (Å²) >= 11 is 0. The van der Waals surface area contributed by atoms with E-state index in [2.05, 4.69) is 4.74 Å². The average molecular weight is 251 g/mol. The predicted octanol–water partition coefficient (Wildman–Crippen LogP) is 0.866. The lowest BCUT2D eigenvalue weighted by molar-refractivity contribution is -0.179. The molecule has 4 nitrogen and oxygen atoms in total. The lowest BCUT2D eigenvalue weighted by Crippen LogP contribution is -2.50. The summed E-state index contributed by atoms with van der Waals surface area (Å²) in [4.78, 5) is 22.0. The zero-order chi connectivity index (χ0) is 13.6. The van der Waals surface area contributed by atoms with E-state index < -0.39 is 30.0 Å². The molecular formula is C10H12F3NO3. The zero-order valence-electron chi connectivity index (χ0n) is 9.30. The van der Waals surface area contributed by atoms with Gasteiger partial charge in [-0.05, 0) is 6.92 Å². The summed E-state index contributed by atoms with van der Waals surface area (Å²) in [6.45, 7) is 2.31. The van der Waals surface area contributed by atoms with Crippen molar-refractivity contribution in [3.8, 4) is 12.3 Å². The first-order valence-electron chi connectivity index (χ1n) is 4.70. The monoisotopic (exact) mass is 251 g/mol. The molecule has 0 saturated carbocycles. The third-order valence-electron chi connectivity index (χ3n) is 1.76. The first-order chi connectivity index (χ1) is 7.73. The standard InChI is InChI=1S/C10H12F3NO3/c1-4-7(10(11,12)13)8(14-6(3)15)9(16)17-5-2/h1,7-8H,5H2,2-3H3,(H,14,15)/t7-,8+/m1/s1. The fourth-order valence-corrected chi connectivity index (χ4v) is 1.11. The summed E-state index contributed by atoms with van der Waals surface area (Å²) in [5.74, 6) is -2.97. The Hall–Kier alpha value is -1.71. The van der Waals surface area contributed by atoms with Gasteiger partial charge in [-0.25, -0.2) is 4.79 Å². The van der Waals surface area contributed by atoms with Gasteiger partial charge in [0.05, 0.1) is 6.61 Å². The van der Waals surface area contributed by atoms with Gasteiger partial charge in [0.1, 0.15) is 12.0 Å². The smallest absolute Gasteiger partial charge is 0.404 e. The van der Waals surface area contributed by atoms with Crippen LogP contribution in [0.3, 0.4) is 0 Å². The van der Waals surface area contributed by atoms with Gasteiger partial charge in [-0.2, -0.15) is 13.2 Å². The molecule has 2 atom stereocenters. The van der Waals surface area contributed by atoms with Crippen molar-refractivity contribution in [2.45, 2.75) is 26.1 Å². The van der Waals surface area contributed by atoms with Crippen LogP contribution in [0.2, 0.25) is 0 Å². The Morgan fingerprint density at radius 1 is 1.47 bits per heavy atom. The molecular weight excluding hydrogens is 239 g/mol. The number of carbonyl (C=O) groups is 2. The van der Waals surface area contributed by atoms with Crippen LogP contribution in [0.4, 0.5) is 13.2 Å². The van der Waals surface area contributed by atoms with E-state index >= 15 is 0 Å². The molecule has 0 bridgehead atoms. The fraction of sp³-hybridized carbons (Fsp3) is 0.600. The Morgan fingerprint density at radius 3 is 2.29 bits per heavy atom. The number of nitrogens with one attached hydrogen (secondary N) is 1. The topological polar surface area (TPSA) is 55.4 Å². The van der Waals surface area contributed by atoms with Gasteiger partial charge in [0.25, 0.3) is 0 Å². The van der Waals surface area contributed by atoms with E-state index in [1.807, 2.05) is 5.32 Å². The highest BCUT2D eigenvalue weighted by molar-refractivity contribution is 5.84. The van der Waals surface area contributed by atoms with Crippen LogP contribution in [-0.4, -0.2) is 30.7 Å². The number of rotatable bonds is 4. The number of esters is 1. The SMILES string of the molecule is C#C[C@H]([C@H](NC(C)=O)C(=O)OCC)C(F)(F)F. The molecule has 0 fully saturated rings. The molecule has 0 aliphatic carbocycles. The average Bonchev–Trinajstić information content (AvgIpc) is 2.14. The number of terminal acetylenes is 1. The Balaban J connectivity index is 5.09. The number of carbonyl (C=O) groups excluding carboxylic acids is 2. The van der Waals surface area contributed by atoms with Crippen LogP contribution in [0.1, 0.15) is 13.8 Å². The van der Waals surface area contributed by atoms with Crippen molar-refractivity contribution < 1.29 is 27.5 Å². The first kappa shape index (κ1) is 15.3. The number of alkyl halides is 3. The van der Waals surface area contributed by atoms with E-state index in [0.29, 0.717) is 0 Å². The van der Waals surface area contributed by atoms with E-state index in [-0.39, 0.29) is 6.61 Å². The van der Waals surface area contributed by atoms with Gasteiger partial charge >= 0.3 is 12.1 Å². The van der Waals surface area contributed by atoms with Crippen molar-refractivity contribution in [3.63, 3.8) is 0 Å². The molecule has 0 unspecified atom stereocenters. The first-order valence-corrected chi connectivity index (χ1v) is 4.70. The Kier molecular flexibility index (Phi) is 5.51. The van der Waals surface area contributed by atoms with Crippen molar-refractivity contribution >= 4 is 11.9 Å². The van der Waals surface area contributed by atoms with E-state index in [1.165, 1.54) is 12.8 Å². The molecule has 0 aromatic rings. The second-order valence-electron chi connectivity index (χ2n) is 3.12. The molecule has 0 saturated heterocycles. The van der Waals surface area contributed by atoms with Crippen molar-refractivity contribution in [1.29, 1.82) is 0 Å². The zero-order valence-corrected chi connectivity index (χ0v) is 9.30. The van der Waals surface area contributed by atoms with Gasteiger partial charge in [0.15, 0.2) is 0 Å². The molecule has 0 aliphatic rings. The largest absolute Gasteiger partial charge is 0.464 e. The van der Waals surface area contributed by atoms with Gasteiger partial charge in [0.2, 0.25) is 5.91 Å². The quantitative estimate of drug-likeness (QED) is 0.595. The normalized spacial score (nSPS) is 14.4. The highest BCUT2D eigenvalue weighted by atomic mass is 19.4. The van der Waals surface area contributed by atoms with Gasteiger partial charge in [-0.15, -0.1) is 6.42 Å². The summed E-state index contributed by atoms with van der Waals surface area (Å²) in [5, 5.41) is 1.85. The van der Waals surface area contributed by atoms with Crippen LogP contribution < -0.4 is 5.32 Å². The number of halogens is 3.